The quantitative estimate of drug-likeness (QED) is 0.918. The van der Waals surface area contributed by atoms with E-state index in [1.807, 2.05) is 36.2 Å². The van der Waals surface area contributed by atoms with Gasteiger partial charge in [-0.05, 0) is 43.5 Å². The number of carbonyl (C=O) groups excluding carboxylic acids is 1. The summed E-state index contributed by atoms with van der Waals surface area (Å²) in [7, 11) is -0.954. The molecule has 1 N–H and O–H groups in total. The summed E-state index contributed by atoms with van der Waals surface area (Å²) < 4.78 is 23.1. The van der Waals surface area contributed by atoms with Gasteiger partial charge in [0.2, 0.25) is 5.91 Å². The van der Waals surface area contributed by atoms with Gasteiger partial charge in [0.1, 0.15) is 0 Å². The first-order valence-corrected chi connectivity index (χ1v) is 9.11. The van der Waals surface area contributed by atoms with Crippen LogP contribution >= 0.6 is 0 Å². The van der Waals surface area contributed by atoms with Crippen molar-refractivity contribution in [2.45, 2.75) is 25.3 Å². The van der Waals surface area contributed by atoms with Gasteiger partial charge in [-0.1, -0.05) is 0 Å². The minimum atomic E-state index is -2.87. The molecule has 1 unspecified atom stereocenters. The van der Waals surface area contributed by atoms with Gasteiger partial charge in [-0.15, -0.1) is 0 Å². The van der Waals surface area contributed by atoms with E-state index in [4.69, 9.17) is 0 Å². The standard InChI is InChI=1S/C15H20N2O3S/c1-17(14-8-9-21(19,20)10-14)13-6-4-12(5-7-13)16-15(18)11-2-3-11/h4-7,11,14H,2-3,8-10H2,1H3,(H,16,18). The van der Waals surface area contributed by atoms with E-state index in [2.05, 4.69) is 5.32 Å². The number of sulfone groups is 1. The van der Waals surface area contributed by atoms with Crippen molar-refractivity contribution in [1.29, 1.82) is 0 Å². The van der Waals surface area contributed by atoms with Gasteiger partial charge in [0.05, 0.1) is 11.5 Å². The second-order valence-electron chi connectivity index (χ2n) is 5.98. The van der Waals surface area contributed by atoms with Crippen molar-refractivity contribution in [3.63, 3.8) is 0 Å². The highest BCUT2D eigenvalue weighted by Crippen LogP contribution is 2.30. The van der Waals surface area contributed by atoms with Gasteiger partial charge in [0.15, 0.2) is 9.84 Å². The lowest BCUT2D eigenvalue weighted by molar-refractivity contribution is -0.117. The Labute approximate surface area is 125 Å². The molecule has 2 aliphatic rings. The van der Waals surface area contributed by atoms with Gasteiger partial charge in [0.25, 0.3) is 0 Å². The van der Waals surface area contributed by atoms with E-state index in [1.54, 1.807) is 0 Å². The van der Waals surface area contributed by atoms with E-state index in [9.17, 15) is 13.2 Å². The molecule has 1 aliphatic carbocycles. The van der Waals surface area contributed by atoms with Crippen molar-refractivity contribution in [2.75, 3.05) is 28.8 Å². The summed E-state index contributed by atoms with van der Waals surface area (Å²) in [6.45, 7) is 0. The molecule has 1 aliphatic heterocycles. The zero-order valence-electron chi connectivity index (χ0n) is 12.1. The lowest BCUT2D eigenvalue weighted by atomic mass is 10.2. The molecule has 1 saturated carbocycles. The number of rotatable bonds is 4. The number of hydrogen-bond acceptors (Lipinski definition) is 4. The molecule has 1 amide bonds. The van der Waals surface area contributed by atoms with Crippen molar-refractivity contribution in [1.82, 2.24) is 0 Å². The highest BCUT2D eigenvalue weighted by molar-refractivity contribution is 7.91. The van der Waals surface area contributed by atoms with Crippen molar-refractivity contribution in [2.24, 2.45) is 5.92 Å². The Morgan fingerprint density at radius 3 is 2.38 bits per heavy atom. The molecular weight excluding hydrogens is 288 g/mol. The summed E-state index contributed by atoms with van der Waals surface area (Å²) in [5.74, 6) is 0.787. The second-order valence-corrected chi connectivity index (χ2v) is 8.21. The number of benzene rings is 1. The molecule has 6 heteroatoms. The van der Waals surface area contributed by atoms with Crippen LogP contribution in [-0.2, 0) is 14.6 Å². The van der Waals surface area contributed by atoms with Crippen LogP contribution in [0.25, 0.3) is 0 Å². The van der Waals surface area contributed by atoms with Crippen LogP contribution in [0.3, 0.4) is 0 Å². The third-order valence-electron chi connectivity index (χ3n) is 4.25. The number of hydrogen-bond donors (Lipinski definition) is 1. The van der Waals surface area contributed by atoms with Gasteiger partial charge in [0, 0.05) is 30.4 Å². The molecule has 0 bridgehead atoms. The molecule has 0 radical (unpaired) electrons. The van der Waals surface area contributed by atoms with E-state index in [1.165, 1.54) is 0 Å². The van der Waals surface area contributed by atoms with Crippen molar-refractivity contribution >= 4 is 27.1 Å². The number of carbonyl (C=O) groups is 1. The van der Waals surface area contributed by atoms with Gasteiger partial charge < -0.3 is 10.2 Å². The topological polar surface area (TPSA) is 66.5 Å². The lowest BCUT2D eigenvalue weighted by Crippen LogP contribution is -2.32. The maximum absolute atomic E-state index is 11.7. The Hall–Kier alpha value is -1.56. The molecule has 21 heavy (non-hydrogen) atoms. The average Bonchev–Trinajstić information content (AvgIpc) is 3.23. The van der Waals surface area contributed by atoms with E-state index < -0.39 is 9.84 Å². The number of nitrogens with one attached hydrogen (secondary N) is 1. The summed E-state index contributed by atoms with van der Waals surface area (Å²) in [4.78, 5) is 13.7. The summed E-state index contributed by atoms with van der Waals surface area (Å²) >= 11 is 0. The molecule has 3 rings (SSSR count). The van der Waals surface area contributed by atoms with Crippen LogP contribution in [0.2, 0.25) is 0 Å². The fourth-order valence-corrected chi connectivity index (χ4v) is 4.44. The second kappa shape index (κ2) is 5.33. The van der Waals surface area contributed by atoms with E-state index in [-0.39, 0.29) is 29.4 Å². The average molecular weight is 308 g/mol. The minimum absolute atomic E-state index is 0.0434. The first kappa shape index (κ1) is 14.4. The van der Waals surface area contributed by atoms with Crippen LogP contribution in [0.4, 0.5) is 11.4 Å². The van der Waals surface area contributed by atoms with Gasteiger partial charge >= 0.3 is 0 Å². The van der Waals surface area contributed by atoms with Crippen LogP contribution < -0.4 is 10.2 Å². The first-order valence-electron chi connectivity index (χ1n) is 7.29. The molecule has 1 aromatic rings. The van der Waals surface area contributed by atoms with Gasteiger partial charge in [-0.25, -0.2) is 8.42 Å². The predicted octanol–water partition coefficient (Wildman–Crippen LogP) is 1.66. The largest absolute Gasteiger partial charge is 0.371 e. The predicted molar refractivity (Wildman–Crippen MR) is 83.3 cm³/mol. The Morgan fingerprint density at radius 2 is 1.86 bits per heavy atom. The molecule has 0 spiro atoms. The fraction of sp³-hybridized carbons (Fsp3) is 0.533. The zero-order chi connectivity index (χ0) is 15.0. The molecule has 1 atom stereocenters. The Balaban J connectivity index is 1.64. The molecule has 114 valence electrons. The highest BCUT2D eigenvalue weighted by atomic mass is 32.2. The number of amides is 1. The van der Waals surface area contributed by atoms with Crippen LogP contribution in [0, 0.1) is 5.92 Å². The smallest absolute Gasteiger partial charge is 0.227 e. The van der Waals surface area contributed by atoms with Crippen LogP contribution in [0.15, 0.2) is 24.3 Å². The Bertz CT molecular complexity index is 635. The zero-order valence-corrected chi connectivity index (χ0v) is 12.9. The van der Waals surface area contributed by atoms with Crippen LogP contribution in [0.5, 0.6) is 0 Å². The summed E-state index contributed by atoms with van der Waals surface area (Å²) in [6.07, 6.45) is 2.66. The van der Waals surface area contributed by atoms with Crippen molar-refractivity contribution in [3.8, 4) is 0 Å². The normalized spacial score (nSPS) is 23.8. The minimum Gasteiger partial charge on any atom is -0.371 e. The maximum atomic E-state index is 11.7. The number of nitrogens with zero attached hydrogens (tertiary/aromatic N) is 1. The van der Waals surface area contributed by atoms with E-state index in [0.717, 1.165) is 24.2 Å². The molecule has 2 fully saturated rings. The van der Waals surface area contributed by atoms with Crippen LogP contribution in [0.1, 0.15) is 19.3 Å². The number of anilines is 2. The van der Waals surface area contributed by atoms with E-state index in [0.29, 0.717) is 6.42 Å². The summed E-state index contributed by atoms with van der Waals surface area (Å²) in [5.41, 5.74) is 1.77. The molecule has 5 nitrogen and oxygen atoms in total. The third-order valence-corrected chi connectivity index (χ3v) is 6.00. The summed E-state index contributed by atoms with van der Waals surface area (Å²) in [5, 5.41) is 2.90. The monoisotopic (exact) mass is 308 g/mol. The molecule has 0 aromatic heterocycles. The highest BCUT2D eigenvalue weighted by Gasteiger charge is 2.31. The lowest BCUT2D eigenvalue weighted by Gasteiger charge is -2.25. The Kier molecular flexibility index (Phi) is 3.65. The SMILES string of the molecule is CN(c1ccc(NC(=O)C2CC2)cc1)C1CCS(=O)(=O)C1. The van der Waals surface area contributed by atoms with Crippen molar-refractivity contribution in [3.05, 3.63) is 24.3 Å². The maximum Gasteiger partial charge on any atom is 0.227 e. The molecule has 1 saturated heterocycles. The van der Waals surface area contributed by atoms with Crippen molar-refractivity contribution < 1.29 is 13.2 Å². The van der Waals surface area contributed by atoms with Gasteiger partial charge in [-0.2, -0.15) is 0 Å². The molecule has 1 aromatic carbocycles. The third kappa shape index (κ3) is 3.37. The van der Waals surface area contributed by atoms with Crippen LogP contribution in [-0.4, -0.2) is 38.9 Å². The van der Waals surface area contributed by atoms with E-state index >= 15 is 0 Å². The molecular formula is C15H20N2O3S. The first-order chi connectivity index (χ1) is 9.94. The summed E-state index contributed by atoms with van der Waals surface area (Å²) in [6, 6.07) is 7.63. The Morgan fingerprint density at radius 1 is 1.19 bits per heavy atom. The van der Waals surface area contributed by atoms with Gasteiger partial charge in [-0.3, -0.25) is 4.79 Å². The fourth-order valence-electron chi connectivity index (χ4n) is 2.66. The molecule has 1 heterocycles.